The molecule has 0 amide bonds. The third-order valence-electron chi connectivity index (χ3n) is 3.01. The second-order valence-corrected chi connectivity index (χ2v) is 5.90. The zero-order valence-corrected chi connectivity index (χ0v) is 11.5. The van der Waals surface area contributed by atoms with Crippen LogP contribution in [-0.2, 0) is 13.8 Å². The fourth-order valence-corrected chi connectivity index (χ4v) is 2.53. The fourth-order valence-electron chi connectivity index (χ4n) is 2.17. The van der Waals surface area contributed by atoms with Gasteiger partial charge in [0, 0.05) is 18.2 Å². The molecule has 10 heteroatoms. The molecule has 112 valence electrons. The minimum atomic E-state index is -4.54. The van der Waals surface area contributed by atoms with Gasteiger partial charge in [0.1, 0.15) is 6.23 Å². The molecule has 1 fully saturated rings. The number of hydrogen-bond acceptors (Lipinski definition) is 5. The van der Waals surface area contributed by atoms with E-state index < -0.39 is 31.4 Å². The molecule has 0 saturated carbocycles. The van der Waals surface area contributed by atoms with E-state index in [4.69, 9.17) is 14.5 Å². The predicted molar refractivity (Wildman–Crippen MR) is 67.0 cm³/mol. The van der Waals surface area contributed by atoms with Crippen molar-refractivity contribution in [3.8, 4) is 0 Å². The number of nitrogens with zero attached hydrogens (tertiary/aromatic N) is 1. The van der Waals surface area contributed by atoms with Crippen molar-refractivity contribution in [2.45, 2.75) is 25.7 Å². The second kappa shape index (κ2) is 5.63. The number of phosphoric acid groups is 1. The lowest BCUT2D eigenvalue weighted by atomic mass is 10.1. The molecule has 9 nitrogen and oxygen atoms in total. The van der Waals surface area contributed by atoms with Crippen LogP contribution in [0, 0.1) is 5.92 Å². The Morgan fingerprint density at radius 3 is 2.85 bits per heavy atom. The van der Waals surface area contributed by atoms with Crippen LogP contribution in [0.3, 0.4) is 0 Å². The Labute approximate surface area is 113 Å². The molecule has 20 heavy (non-hydrogen) atoms. The summed E-state index contributed by atoms with van der Waals surface area (Å²) in [5.41, 5.74) is -1.09. The van der Waals surface area contributed by atoms with Crippen LogP contribution < -0.4 is 11.2 Å². The maximum absolute atomic E-state index is 11.7. The Balaban J connectivity index is 2.09. The zero-order valence-electron chi connectivity index (χ0n) is 10.6. The highest BCUT2D eigenvalue weighted by molar-refractivity contribution is 7.46. The van der Waals surface area contributed by atoms with Crippen molar-refractivity contribution in [3.63, 3.8) is 0 Å². The van der Waals surface area contributed by atoms with Crippen molar-refractivity contribution >= 4 is 7.82 Å². The molecule has 2 heterocycles. The van der Waals surface area contributed by atoms with Gasteiger partial charge in [-0.3, -0.25) is 18.9 Å². The Morgan fingerprint density at radius 2 is 2.25 bits per heavy atom. The summed E-state index contributed by atoms with van der Waals surface area (Å²) >= 11 is 0. The van der Waals surface area contributed by atoms with Crippen molar-refractivity contribution in [1.29, 1.82) is 0 Å². The number of H-pyrrole nitrogens is 1. The number of nitrogens with one attached hydrogen (secondary N) is 1. The molecule has 3 N–H and O–H groups in total. The number of phosphoric ester groups is 1. The largest absolute Gasteiger partial charge is 0.469 e. The number of aromatic amines is 1. The SMILES string of the molecule is CC1CC(COP(=O)(O)O)OC1n1ccc(=O)[nH]c1=O. The molecule has 3 unspecified atom stereocenters. The van der Waals surface area contributed by atoms with Crippen molar-refractivity contribution in [1.82, 2.24) is 9.55 Å². The van der Waals surface area contributed by atoms with Crippen molar-refractivity contribution in [2.75, 3.05) is 6.61 Å². The van der Waals surface area contributed by atoms with Gasteiger partial charge in [-0.2, -0.15) is 0 Å². The summed E-state index contributed by atoms with van der Waals surface area (Å²) in [6.45, 7) is 1.57. The summed E-state index contributed by atoms with van der Waals surface area (Å²) in [4.78, 5) is 42.1. The average Bonchev–Trinajstić information content (AvgIpc) is 2.67. The maximum Gasteiger partial charge on any atom is 0.469 e. The van der Waals surface area contributed by atoms with Crippen LogP contribution in [0.1, 0.15) is 19.6 Å². The third kappa shape index (κ3) is 3.65. The molecular weight excluding hydrogens is 291 g/mol. The summed E-state index contributed by atoms with van der Waals surface area (Å²) < 4.78 is 21.8. The highest BCUT2D eigenvalue weighted by Crippen LogP contribution is 2.39. The predicted octanol–water partition coefficient (Wildman–Crippen LogP) is -0.431. The minimum absolute atomic E-state index is 0.0658. The number of ether oxygens (including phenoxy) is 1. The van der Waals surface area contributed by atoms with Gasteiger partial charge in [-0.15, -0.1) is 0 Å². The lowest BCUT2D eigenvalue weighted by molar-refractivity contribution is -0.0332. The van der Waals surface area contributed by atoms with Gasteiger partial charge in [-0.1, -0.05) is 6.92 Å². The van der Waals surface area contributed by atoms with E-state index in [0.717, 1.165) is 0 Å². The molecule has 0 spiro atoms. The third-order valence-corrected chi connectivity index (χ3v) is 3.49. The van der Waals surface area contributed by atoms with Gasteiger partial charge in [0.15, 0.2) is 0 Å². The molecule has 0 radical (unpaired) electrons. The first-order valence-electron chi connectivity index (χ1n) is 5.93. The molecule has 0 aromatic carbocycles. The molecule has 1 saturated heterocycles. The van der Waals surface area contributed by atoms with Gasteiger partial charge in [0.05, 0.1) is 12.7 Å². The fraction of sp³-hybridized carbons (Fsp3) is 0.600. The van der Waals surface area contributed by atoms with Crippen molar-refractivity contribution in [2.24, 2.45) is 5.92 Å². The van der Waals surface area contributed by atoms with Gasteiger partial charge in [0.25, 0.3) is 5.56 Å². The summed E-state index contributed by atoms with van der Waals surface area (Å²) in [5, 5.41) is 0. The van der Waals surface area contributed by atoms with E-state index in [1.165, 1.54) is 16.8 Å². The highest BCUT2D eigenvalue weighted by atomic mass is 31.2. The molecule has 1 aliphatic heterocycles. The van der Waals surface area contributed by atoms with E-state index in [-0.39, 0.29) is 12.5 Å². The molecular formula is C10H15N2O7P. The van der Waals surface area contributed by atoms with Crippen LogP contribution in [-0.4, -0.2) is 32.0 Å². The molecule has 1 aromatic rings. The van der Waals surface area contributed by atoms with E-state index >= 15 is 0 Å². The Bertz CT molecular complexity index is 633. The van der Waals surface area contributed by atoms with Crippen LogP contribution >= 0.6 is 7.82 Å². The topological polar surface area (TPSA) is 131 Å². The number of aromatic nitrogens is 2. The number of rotatable bonds is 4. The van der Waals surface area contributed by atoms with Gasteiger partial charge in [0.2, 0.25) is 0 Å². The Kier molecular flexibility index (Phi) is 4.26. The molecule has 1 aromatic heterocycles. The maximum atomic E-state index is 11.7. The van der Waals surface area contributed by atoms with Gasteiger partial charge in [-0.05, 0) is 6.42 Å². The highest BCUT2D eigenvalue weighted by Gasteiger charge is 2.35. The minimum Gasteiger partial charge on any atom is -0.352 e. The van der Waals surface area contributed by atoms with Crippen LogP contribution in [0.2, 0.25) is 0 Å². The normalized spacial score (nSPS) is 26.9. The first kappa shape index (κ1) is 15.1. The summed E-state index contributed by atoms with van der Waals surface area (Å²) in [6.07, 6.45) is 0.677. The summed E-state index contributed by atoms with van der Waals surface area (Å²) in [7, 11) is -4.54. The smallest absolute Gasteiger partial charge is 0.352 e. The van der Waals surface area contributed by atoms with E-state index in [2.05, 4.69) is 9.51 Å². The van der Waals surface area contributed by atoms with Crippen LogP contribution in [0.15, 0.2) is 21.9 Å². The molecule has 0 bridgehead atoms. The van der Waals surface area contributed by atoms with Crippen LogP contribution in [0.4, 0.5) is 0 Å². The molecule has 1 aliphatic rings. The lowest BCUT2D eigenvalue weighted by Gasteiger charge is -2.17. The molecule has 3 atom stereocenters. The van der Waals surface area contributed by atoms with Crippen LogP contribution in [0.5, 0.6) is 0 Å². The second-order valence-electron chi connectivity index (χ2n) is 4.67. The van der Waals surface area contributed by atoms with Gasteiger partial charge in [-0.25, -0.2) is 9.36 Å². The first-order chi connectivity index (χ1) is 9.26. The quantitative estimate of drug-likeness (QED) is 0.643. The van der Waals surface area contributed by atoms with Crippen LogP contribution in [0.25, 0.3) is 0 Å². The number of hydrogen-bond donors (Lipinski definition) is 3. The van der Waals surface area contributed by atoms with E-state index in [9.17, 15) is 14.2 Å². The Morgan fingerprint density at radius 1 is 1.55 bits per heavy atom. The summed E-state index contributed by atoms with van der Waals surface area (Å²) in [5.74, 6) is -0.0658. The van der Waals surface area contributed by atoms with Crippen molar-refractivity contribution in [3.05, 3.63) is 33.1 Å². The van der Waals surface area contributed by atoms with E-state index in [1.807, 2.05) is 6.92 Å². The van der Waals surface area contributed by atoms with E-state index in [0.29, 0.717) is 6.42 Å². The van der Waals surface area contributed by atoms with Gasteiger partial charge < -0.3 is 14.5 Å². The zero-order chi connectivity index (χ0) is 14.9. The van der Waals surface area contributed by atoms with Crippen molar-refractivity contribution < 1.29 is 23.6 Å². The summed E-state index contributed by atoms with van der Waals surface area (Å²) in [6, 6.07) is 1.21. The molecule has 2 rings (SSSR count). The molecule has 0 aliphatic carbocycles. The lowest BCUT2D eigenvalue weighted by Crippen LogP contribution is -2.33. The standard InChI is InChI=1S/C10H15N2O7P/c1-6-4-7(5-18-20(15,16)17)19-9(6)12-3-2-8(13)11-10(12)14/h2-3,6-7,9H,4-5H2,1H3,(H,11,13,14)(H2,15,16,17). The average molecular weight is 306 g/mol. The first-order valence-corrected chi connectivity index (χ1v) is 7.46. The van der Waals surface area contributed by atoms with E-state index in [1.54, 1.807) is 0 Å². The Hall–Kier alpha value is -1.25. The van der Waals surface area contributed by atoms with Gasteiger partial charge >= 0.3 is 13.5 Å². The monoisotopic (exact) mass is 306 g/mol.